The first-order chi connectivity index (χ1) is 9.36. The molecule has 1 unspecified atom stereocenters. The van der Waals surface area contributed by atoms with Gasteiger partial charge in [-0.15, -0.1) is 0 Å². The fraction of sp³-hybridized carbons (Fsp3) is 1.00. The van der Waals surface area contributed by atoms with Crippen molar-refractivity contribution in [2.24, 2.45) is 5.92 Å². The average molecular weight is 267 g/mol. The van der Waals surface area contributed by atoms with E-state index in [1.54, 1.807) is 0 Å². The zero-order valence-corrected chi connectivity index (χ0v) is 12.2. The van der Waals surface area contributed by atoms with E-state index in [-0.39, 0.29) is 5.60 Å². The van der Waals surface area contributed by atoms with Crippen LogP contribution in [0.15, 0.2) is 0 Å². The van der Waals surface area contributed by atoms with Crippen molar-refractivity contribution < 1.29 is 9.47 Å². The summed E-state index contributed by atoms with van der Waals surface area (Å²) >= 11 is 0. The van der Waals surface area contributed by atoms with E-state index in [9.17, 15) is 0 Å². The molecule has 3 aliphatic rings. The SMILES string of the molecule is C1CCC2(CC1)CCC(CNCCOCC1CC1)O2. The van der Waals surface area contributed by atoms with Crippen LogP contribution in [0, 0.1) is 5.92 Å². The van der Waals surface area contributed by atoms with Gasteiger partial charge in [0.2, 0.25) is 0 Å². The standard InChI is InChI=1S/C16H29NO2/c1-2-7-16(8-3-1)9-6-15(19-16)12-17-10-11-18-13-14-4-5-14/h14-15,17H,1-13H2. The highest BCUT2D eigenvalue weighted by Crippen LogP contribution is 2.41. The molecule has 110 valence electrons. The second-order valence-electron chi connectivity index (χ2n) is 6.74. The number of hydrogen-bond acceptors (Lipinski definition) is 3. The van der Waals surface area contributed by atoms with E-state index in [2.05, 4.69) is 5.32 Å². The van der Waals surface area contributed by atoms with Gasteiger partial charge >= 0.3 is 0 Å². The molecule has 1 atom stereocenters. The Balaban J connectivity index is 1.24. The Kier molecular flexibility index (Phi) is 4.78. The van der Waals surface area contributed by atoms with Gasteiger partial charge in [0.05, 0.1) is 18.3 Å². The fourth-order valence-corrected chi connectivity index (χ4v) is 3.55. The summed E-state index contributed by atoms with van der Waals surface area (Å²) in [7, 11) is 0. The highest BCUT2D eigenvalue weighted by Gasteiger charge is 2.40. The minimum Gasteiger partial charge on any atom is -0.380 e. The third-order valence-electron chi connectivity index (χ3n) is 4.95. The van der Waals surface area contributed by atoms with Gasteiger partial charge in [-0.3, -0.25) is 0 Å². The first kappa shape index (κ1) is 13.8. The van der Waals surface area contributed by atoms with Gasteiger partial charge in [0.15, 0.2) is 0 Å². The van der Waals surface area contributed by atoms with Gasteiger partial charge in [0.1, 0.15) is 0 Å². The van der Waals surface area contributed by atoms with Crippen molar-refractivity contribution in [1.29, 1.82) is 0 Å². The molecule has 0 bridgehead atoms. The molecule has 2 aliphatic carbocycles. The summed E-state index contributed by atoms with van der Waals surface area (Å²) in [5.41, 5.74) is 0.271. The molecule has 1 saturated heterocycles. The van der Waals surface area contributed by atoms with Crippen LogP contribution < -0.4 is 5.32 Å². The van der Waals surface area contributed by atoms with Crippen LogP contribution in [0.2, 0.25) is 0 Å². The molecule has 1 heterocycles. The topological polar surface area (TPSA) is 30.5 Å². The molecule has 1 spiro atoms. The smallest absolute Gasteiger partial charge is 0.0708 e. The Hall–Kier alpha value is -0.120. The maximum Gasteiger partial charge on any atom is 0.0708 e. The molecule has 0 radical (unpaired) electrons. The molecule has 3 rings (SSSR count). The largest absolute Gasteiger partial charge is 0.380 e. The van der Waals surface area contributed by atoms with Gasteiger partial charge in [0.25, 0.3) is 0 Å². The minimum absolute atomic E-state index is 0.271. The Bertz CT molecular complexity index is 272. The molecule has 3 heteroatoms. The molecule has 2 saturated carbocycles. The van der Waals surface area contributed by atoms with E-state index in [0.717, 1.165) is 32.2 Å². The van der Waals surface area contributed by atoms with Crippen LogP contribution in [0.1, 0.15) is 57.8 Å². The maximum absolute atomic E-state index is 6.34. The third-order valence-corrected chi connectivity index (χ3v) is 4.95. The van der Waals surface area contributed by atoms with Gasteiger partial charge in [0, 0.05) is 19.7 Å². The Morgan fingerprint density at radius 1 is 1.05 bits per heavy atom. The van der Waals surface area contributed by atoms with Crippen molar-refractivity contribution >= 4 is 0 Å². The van der Waals surface area contributed by atoms with Crippen molar-refractivity contribution in [2.75, 3.05) is 26.3 Å². The summed E-state index contributed by atoms with van der Waals surface area (Å²) in [4.78, 5) is 0. The van der Waals surface area contributed by atoms with Gasteiger partial charge in [-0.05, 0) is 44.4 Å². The van der Waals surface area contributed by atoms with Crippen LogP contribution in [-0.2, 0) is 9.47 Å². The molecular formula is C16H29NO2. The second-order valence-corrected chi connectivity index (χ2v) is 6.74. The Morgan fingerprint density at radius 2 is 1.89 bits per heavy atom. The van der Waals surface area contributed by atoms with E-state index in [4.69, 9.17) is 9.47 Å². The lowest BCUT2D eigenvalue weighted by atomic mass is 9.83. The van der Waals surface area contributed by atoms with Crippen LogP contribution in [0.4, 0.5) is 0 Å². The van der Waals surface area contributed by atoms with E-state index in [0.29, 0.717) is 6.10 Å². The van der Waals surface area contributed by atoms with Crippen molar-refractivity contribution in [2.45, 2.75) is 69.5 Å². The molecule has 3 fully saturated rings. The summed E-state index contributed by atoms with van der Waals surface area (Å²) in [6, 6.07) is 0. The Morgan fingerprint density at radius 3 is 2.68 bits per heavy atom. The molecule has 19 heavy (non-hydrogen) atoms. The van der Waals surface area contributed by atoms with Gasteiger partial charge in [-0.2, -0.15) is 0 Å². The van der Waals surface area contributed by atoms with Crippen LogP contribution in [0.3, 0.4) is 0 Å². The summed E-state index contributed by atoms with van der Waals surface area (Å²) in [5, 5.41) is 3.49. The molecule has 0 aromatic rings. The van der Waals surface area contributed by atoms with E-state index in [1.807, 2.05) is 0 Å². The number of rotatable bonds is 7. The molecule has 0 amide bonds. The summed E-state index contributed by atoms with van der Waals surface area (Å²) in [5.74, 6) is 0.879. The highest BCUT2D eigenvalue weighted by atomic mass is 16.5. The van der Waals surface area contributed by atoms with E-state index >= 15 is 0 Å². The van der Waals surface area contributed by atoms with Crippen LogP contribution in [-0.4, -0.2) is 38.0 Å². The first-order valence-electron chi connectivity index (χ1n) is 8.33. The predicted octanol–water partition coefficient (Wildman–Crippen LogP) is 2.88. The zero-order valence-electron chi connectivity index (χ0n) is 12.2. The quantitative estimate of drug-likeness (QED) is 0.720. The lowest BCUT2D eigenvalue weighted by Gasteiger charge is -2.33. The lowest BCUT2D eigenvalue weighted by Crippen LogP contribution is -2.35. The summed E-state index contributed by atoms with van der Waals surface area (Å²) in [6.07, 6.45) is 12.5. The monoisotopic (exact) mass is 267 g/mol. The molecule has 1 N–H and O–H groups in total. The number of ether oxygens (including phenoxy) is 2. The fourth-order valence-electron chi connectivity index (χ4n) is 3.55. The Labute approximate surface area is 117 Å². The maximum atomic E-state index is 6.34. The zero-order chi connectivity index (χ0) is 13.0. The summed E-state index contributed by atoms with van der Waals surface area (Å²) < 4.78 is 12.0. The lowest BCUT2D eigenvalue weighted by molar-refractivity contribution is -0.0625. The predicted molar refractivity (Wildman–Crippen MR) is 76.3 cm³/mol. The van der Waals surface area contributed by atoms with E-state index in [1.165, 1.54) is 57.8 Å². The van der Waals surface area contributed by atoms with Gasteiger partial charge in [-0.1, -0.05) is 19.3 Å². The molecule has 0 aromatic heterocycles. The normalized spacial score (nSPS) is 30.0. The average Bonchev–Trinajstić information content (AvgIpc) is 3.18. The van der Waals surface area contributed by atoms with E-state index < -0.39 is 0 Å². The van der Waals surface area contributed by atoms with Gasteiger partial charge in [-0.25, -0.2) is 0 Å². The minimum atomic E-state index is 0.271. The molecule has 3 nitrogen and oxygen atoms in total. The molecular weight excluding hydrogens is 238 g/mol. The number of nitrogens with one attached hydrogen (secondary N) is 1. The van der Waals surface area contributed by atoms with Crippen LogP contribution in [0.25, 0.3) is 0 Å². The first-order valence-corrected chi connectivity index (χ1v) is 8.33. The van der Waals surface area contributed by atoms with Crippen molar-refractivity contribution in [1.82, 2.24) is 5.32 Å². The van der Waals surface area contributed by atoms with Crippen molar-refractivity contribution in [3.05, 3.63) is 0 Å². The van der Waals surface area contributed by atoms with Crippen LogP contribution >= 0.6 is 0 Å². The highest BCUT2D eigenvalue weighted by molar-refractivity contribution is 4.91. The second kappa shape index (κ2) is 6.55. The molecule has 1 aliphatic heterocycles. The summed E-state index contributed by atoms with van der Waals surface area (Å²) in [6.45, 7) is 3.81. The number of hydrogen-bond donors (Lipinski definition) is 1. The molecule has 0 aromatic carbocycles. The van der Waals surface area contributed by atoms with Crippen molar-refractivity contribution in [3.8, 4) is 0 Å². The van der Waals surface area contributed by atoms with Gasteiger partial charge < -0.3 is 14.8 Å². The van der Waals surface area contributed by atoms with Crippen molar-refractivity contribution in [3.63, 3.8) is 0 Å². The van der Waals surface area contributed by atoms with Crippen LogP contribution in [0.5, 0.6) is 0 Å². The third kappa shape index (κ3) is 4.17.